The van der Waals surface area contributed by atoms with Crippen molar-refractivity contribution in [2.45, 2.75) is 19.9 Å². The molecule has 0 saturated heterocycles. The summed E-state index contributed by atoms with van der Waals surface area (Å²) in [6.45, 7) is 3.60. The van der Waals surface area contributed by atoms with E-state index in [1.807, 2.05) is 6.07 Å². The van der Waals surface area contributed by atoms with Gasteiger partial charge in [0.1, 0.15) is 11.8 Å². The van der Waals surface area contributed by atoms with Crippen molar-refractivity contribution < 1.29 is 19.4 Å². The molecule has 0 bridgehead atoms. The molecular weight excluding hydrogens is 366 g/mol. The van der Waals surface area contributed by atoms with Crippen LogP contribution in [0.15, 0.2) is 59.6 Å². The fourth-order valence-electron chi connectivity index (χ4n) is 2.23. The molecule has 0 amide bonds. The molecule has 0 saturated carbocycles. The van der Waals surface area contributed by atoms with Crippen molar-refractivity contribution >= 4 is 35.8 Å². The first-order valence-electron chi connectivity index (χ1n) is 8.36. The Labute approximate surface area is 163 Å². The monoisotopic (exact) mass is 385 g/mol. The van der Waals surface area contributed by atoms with Gasteiger partial charge in [-0.3, -0.25) is 4.99 Å². The van der Waals surface area contributed by atoms with Crippen molar-refractivity contribution in [3.8, 4) is 5.75 Å². The van der Waals surface area contributed by atoms with Gasteiger partial charge in [0.25, 0.3) is 0 Å². The van der Waals surface area contributed by atoms with Crippen molar-refractivity contribution in [3.05, 3.63) is 70.8 Å². The smallest absolute Gasteiger partial charge is 0.336 e. The number of rotatable bonds is 7. The third-order valence-electron chi connectivity index (χ3n) is 3.63. The van der Waals surface area contributed by atoms with Gasteiger partial charge in [0.05, 0.1) is 0 Å². The average Bonchev–Trinajstić information content (AvgIpc) is 2.61. The molecule has 0 heterocycles. The summed E-state index contributed by atoms with van der Waals surface area (Å²) in [5, 5.41) is 9.72. The lowest BCUT2D eigenvalue weighted by Crippen LogP contribution is -2.24. The first-order valence-corrected chi connectivity index (χ1v) is 8.74. The molecule has 5 nitrogen and oxygen atoms in total. The Balaban J connectivity index is 1.96. The summed E-state index contributed by atoms with van der Waals surface area (Å²) in [6.07, 6.45) is 4.44. The third kappa shape index (κ3) is 6.72. The van der Waals surface area contributed by atoms with E-state index in [9.17, 15) is 9.59 Å². The molecule has 1 N–H and O–H groups in total. The molecule has 0 fully saturated rings. The summed E-state index contributed by atoms with van der Waals surface area (Å²) in [5.74, 6) is -1.20. The van der Waals surface area contributed by atoms with Crippen LogP contribution in [0.2, 0.25) is 5.02 Å². The molecule has 27 heavy (non-hydrogen) atoms. The maximum absolute atomic E-state index is 11.9. The Kier molecular flexibility index (Phi) is 7.32. The molecule has 2 rings (SSSR count). The van der Waals surface area contributed by atoms with Crippen LogP contribution < -0.4 is 4.74 Å². The second kappa shape index (κ2) is 9.69. The molecule has 0 aromatic heterocycles. The molecule has 0 aliphatic heterocycles. The van der Waals surface area contributed by atoms with Crippen LogP contribution in [0.1, 0.15) is 25.0 Å². The van der Waals surface area contributed by atoms with Gasteiger partial charge in [0.15, 0.2) is 0 Å². The number of carbonyl (C=O) groups is 2. The predicted octanol–water partition coefficient (Wildman–Crippen LogP) is 4.49. The zero-order valence-corrected chi connectivity index (χ0v) is 15.8. The van der Waals surface area contributed by atoms with E-state index in [0.717, 1.165) is 11.1 Å². The summed E-state index contributed by atoms with van der Waals surface area (Å²) in [5.41, 5.74) is 1.51. The van der Waals surface area contributed by atoms with Crippen molar-refractivity contribution in [2.24, 2.45) is 10.9 Å². The minimum absolute atomic E-state index is 0.106. The minimum Gasteiger partial charge on any atom is -0.480 e. The van der Waals surface area contributed by atoms with E-state index >= 15 is 0 Å². The van der Waals surface area contributed by atoms with Gasteiger partial charge in [-0.05, 0) is 59.5 Å². The number of carbonyl (C=O) groups excluding carboxylic acids is 1. The van der Waals surface area contributed by atoms with Crippen LogP contribution in [0.5, 0.6) is 5.75 Å². The number of carboxylic acids is 1. The van der Waals surface area contributed by atoms with Gasteiger partial charge in [-0.25, -0.2) is 9.59 Å². The van der Waals surface area contributed by atoms with Crippen LogP contribution in [0, 0.1) is 5.92 Å². The van der Waals surface area contributed by atoms with E-state index in [0.29, 0.717) is 10.8 Å². The number of ether oxygens (including phenoxy) is 1. The van der Waals surface area contributed by atoms with Crippen molar-refractivity contribution in [1.29, 1.82) is 0 Å². The minimum atomic E-state index is -0.960. The van der Waals surface area contributed by atoms with E-state index in [-0.39, 0.29) is 5.92 Å². The molecule has 1 atom stereocenters. The van der Waals surface area contributed by atoms with E-state index < -0.39 is 18.0 Å². The van der Waals surface area contributed by atoms with E-state index in [4.69, 9.17) is 21.4 Å². The number of nitrogens with zero attached hydrogens (tertiary/aromatic N) is 1. The Morgan fingerprint density at radius 1 is 1.11 bits per heavy atom. The molecular formula is C21H20ClNO4. The zero-order chi connectivity index (χ0) is 19.8. The number of hydrogen-bond acceptors (Lipinski definition) is 4. The van der Waals surface area contributed by atoms with Gasteiger partial charge in [-0.1, -0.05) is 37.6 Å². The number of hydrogen-bond donors (Lipinski definition) is 1. The van der Waals surface area contributed by atoms with Gasteiger partial charge < -0.3 is 9.84 Å². The van der Waals surface area contributed by atoms with E-state index in [1.54, 1.807) is 62.4 Å². The fraction of sp³-hybridized carbons (Fsp3) is 0.190. The summed E-state index contributed by atoms with van der Waals surface area (Å²) >= 11 is 5.89. The highest BCUT2D eigenvalue weighted by Crippen LogP contribution is 2.14. The van der Waals surface area contributed by atoms with Gasteiger partial charge >= 0.3 is 11.9 Å². The van der Waals surface area contributed by atoms with Crippen LogP contribution >= 0.6 is 11.6 Å². The first kappa shape index (κ1) is 20.4. The quantitative estimate of drug-likeness (QED) is 0.330. The van der Waals surface area contributed by atoms with Crippen LogP contribution in [0.4, 0.5) is 0 Å². The molecule has 0 aliphatic carbocycles. The maximum Gasteiger partial charge on any atom is 0.336 e. The lowest BCUT2D eigenvalue weighted by atomic mass is 10.1. The number of aliphatic carboxylic acids is 1. The number of esters is 1. The third-order valence-corrected chi connectivity index (χ3v) is 3.86. The molecule has 0 spiro atoms. The first-order chi connectivity index (χ1) is 12.8. The maximum atomic E-state index is 11.9. The Morgan fingerprint density at radius 3 is 2.41 bits per heavy atom. The molecule has 6 heteroatoms. The molecule has 0 aliphatic rings. The van der Waals surface area contributed by atoms with Crippen LogP contribution in [-0.2, 0) is 9.59 Å². The van der Waals surface area contributed by atoms with Crippen molar-refractivity contribution in [3.63, 3.8) is 0 Å². The van der Waals surface area contributed by atoms with Gasteiger partial charge in [0, 0.05) is 17.3 Å². The summed E-state index contributed by atoms with van der Waals surface area (Å²) in [4.78, 5) is 27.1. The topological polar surface area (TPSA) is 76.0 Å². The normalized spacial score (nSPS) is 12.6. The Morgan fingerprint density at radius 2 is 1.81 bits per heavy atom. The van der Waals surface area contributed by atoms with Gasteiger partial charge in [-0.15, -0.1) is 0 Å². The second-order valence-electron chi connectivity index (χ2n) is 6.18. The van der Waals surface area contributed by atoms with Crippen molar-refractivity contribution in [2.75, 3.05) is 0 Å². The summed E-state index contributed by atoms with van der Waals surface area (Å²) < 4.78 is 5.23. The van der Waals surface area contributed by atoms with E-state index in [1.165, 1.54) is 12.3 Å². The number of carboxylic acid groups (broad SMARTS) is 1. The number of halogens is 1. The predicted molar refractivity (Wildman–Crippen MR) is 106 cm³/mol. The lowest BCUT2D eigenvalue weighted by Gasteiger charge is -2.10. The van der Waals surface area contributed by atoms with Crippen LogP contribution in [-0.4, -0.2) is 29.3 Å². The number of benzene rings is 2. The SMILES string of the molecule is CC(C)C(N=Cc1ccc(OC(=O)/C=C/c2cccc(Cl)c2)cc1)C(=O)O. The van der Waals surface area contributed by atoms with Crippen LogP contribution in [0.25, 0.3) is 6.08 Å². The Bertz CT molecular complexity index is 857. The lowest BCUT2D eigenvalue weighted by molar-refractivity contribution is -0.139. The highest BCUT2D eigenvalue weighted by atomic mass is 35.5. The Hall–Kier alpha value is -2.92. The van der Waals surface area contributed by atoms with E-state index in [2.05, 4.69) is 4.99 Å². The second-order valence-corrected chi connectivity index (χ2v) is 6.62. The molecule has 2 aromatic carbocycles. The summed E-state index contributed by atoms with van der Waals surface area (Å²) in [6, 6.07) is 13.0. The number of aliphatic imine (C=N–C) groups is 1. The largest absolute Gasteiger partial charge is 0.480 e. The fourth-order valence-corrected chi connectivity index (χ4v) is 2.43. The van der Waals surface area contributed by atoms with Crippen molar-refractivity contribution in [1.82, 2.24) is 0 Å². The summed E-state index contributed by atoms with van der Waals surface area (Å²) in [7, 11) is 0. The standard InChI is InChI=1S/C21H20ClNO4/c1-14(2)20(21(25)26)23-13-16-6-9-18(10-7-16)27-19(24)11-8-15-4-3-5-17(22)12-15/h3-14,20H,1-2H3,(H,25,26)/b11-8+,23-13?. The average molecular weight is 386 g/mol. The van der Waals surface area contributed by atoms with Crippen LogP contribution in [0.3, 0.4) is 0 Å². The van der Waals surface area contributed by atoms with Gasteiger partial charge in [-0.2, -0.15) is 0 Å². The van der Waals surface area contributed by atoms with Gasteiger partial charge in [0.2, 0.25) is 0 Å². The highest BCUT2D eigenvalue weighted by Gasteiger charge is 2.19. The molecule has 0 radical (unpaired) electrons. The zero-order valence-electron chi connectivity index (χ0n) is 15.0. The molecule has 140 valence electrons. The highest BCUT2D eigenvalue weighted by molar-refractivity contribution is 6.30. The molecule has 2 aromatic rings. The molecule has 1 unspecified atom stereocenters.